The van der Waals surface area contributed by atoms with Crippen molar-refractivity contribution in [3.05, 3.63) is 20.2 Å². The van der Waals surface area contributed by atoms with Crippen LogP contribution in [0.1, 0.15) is 145 Å². The predicted molar refractivity (Wildman–Crippen MR) is 219 cm³/mol. The summed E-state index contributed by atoms with van der Waals surface area (Å²) in [6, 6.07) is 0. The second kappa shape index (κ2) is 14.5. The zero-order chi connectivity index (χ0) is 46.5. The highest BCUT2D eigenvalue weighted by Crippen LogP contribution is 2.76. The molecule has 0 unspecified atom stereocenters. The van der Waals surface area contributed by atoms with Crippen LogP contribution >= 0.6 is 0 Å². The number of nitrogens with zero attached hydrogens (tertiary/aromatic N) is 2. The molecule has 0 spiro atoms. The maximum atomic E-state index is 12.6. The molecule has 8 aliphatic carbocycles. The van der Waals surface area contributed by atoms with Crippen molar-refractivity contribution in [2.45, 2.75) is 204 Å². The maximum absolute atomic E-state index is 12.6. The standard InChI is InChI=1S/2C23H33NO8/c2*1-12(25)23-19(31-23)10-17-15-9-18(32-24(28)29)22(27)11-14(30-13(2)26)5-7-20(22,3)16(15)6-8-21(17,23)4/h2*14-19,27H,5-11H2,1-4H3/t2*14-,15+,16-,17-,18+,19+,20+,21-,22-,23+/m00/s1. The van der Waals surface area contributed by atoms with Gasteiger partial charge in [-0.25, -0.2) is 0 Å². The number of carbonyl (C=O) groups is 4. The van der Waals surface area contributed by atoms with Crippen molar-refractivity contribution in [2.24, 2.45) is 57.2 Å². The van der Waals surface area contributed by atoms with Crippen LogP contribution in [0.5, 0.6) is 0 Å². The average molecular weight is 903 g/mol. The van der Waals surface area contributed by atoms with Gasteiger partial charge in [-0.15, -0.1) is 20.2 Å². The van der Waals surface area contributed by atoms with Crippen molar-refractivity contribution in [3.63, 3.8) is 0 Å². The van der Waals surface area contributed by atoms with Crippen LogP contribution in [0.15, 0.2) is 0 Å². The lowest BCUT2D eigenvalue weighted by Gasteiger charge is -2.65. The number of esters is 2. The van der Waals surface area contributed by atoms with Crippen LogP contribution in [0.2, 0.25) is 0 Å². The summed E-state index contributed by atoms with van der Waals surface area (Å²) in [7, 11) is 0. The molecule has 18 heteroatoms. The fourth-order valence-electron chi connectivity index (χ4n) is 17.7. The number of hydrogen-bond donors (Lipinski definition) is 2. The fraction of sp³-hybridized carbons (Fsp3) is 0.913. The summed E-state index contributed by atoms with van der Waals surface area (Å²) < 4.78 is 22.7. The van der Waals surface area contributed by atoms with E-state index in [1.807, 2.05) is 13.8 Å². The Morgan fingerprint density at radius 1 is 0.547 bits per heavy atom. The number of aliphatic hydroxyl groups is 2. The first-order valence-electron chi connectivity index (χ1n) is 23.6. The molecule has 20 atom stereocenters. The smallest absolute Gasteiger partial charge is 0.302 e. The number of carbonyl (C=O) groups excluding carboxylic acids is 4. The minimum atomic E-state index is -1.47. The second-order valence-corrected chi connectivity index (χ2v) is 22.7. The Morgan fingerprint density at radius 2 is 0.891 bits per heavy atom. The minimum absolute atomic E-state index is 0.0723. The molecule has 10 fully saturated rings. The van der Waals surface area contributed by atoms with Gasteiger partial charge in [0, 0.05) is 48.3 Å². The molecule has 0 radical (unpaired) electrons. The van der Waals surface area contributed by atoms with Gasteiger partial charge in [-0.2, -0.15) is 0 Å². The molecular weight excluding hydrogens is 837 g/mol. The SMILES string of the molecule is CC(=O)O[C@H]1CC[C@]2(C)[C@H]3CC[C@@]4(C)[C@@H](C[C@H]5O[C@]54C(C)=O)[C@@H]3C[C@@H](O[N+](=O)[O-])[C@@]2(O)C1.CC(=O)O[C@H]1CC[C@]2(C)[C@H]3CC[C@@]4(C)[C@@H](C[C@H]5O[C@]54C(C)=O)[C@@H]3C[C@@H](O[N+](=O)[O-])[C@@]2(O)C1. The summed E-state index contributed by atoms with van der Waals surface area (Å²) in [6.45, 7) is 14.2. The van der Waals surface area contributed by atoms with Gasteiger partial charge < -0.3 is 38.8 Å². The minimum Gasteiger partial charge on any atom is -0.462 e. The van der Waals surface area contributed by atoms with E-state index >= 15 is 0 Å². The number of rotatable bonds is 8. The van der Waals surface area contributed by atoms with Crippen molar-refractivity contribution in [1.82, 2.24) is 0 Å². The van der Waals surface area contributed by atoms with Gasteiger partial charge in [-0.1, -0.05) is 27.7 Å². The zero-order valence-electron chi connectivity index (χ0n) is 38.3. The lowest BCUT2D eigenvalue weighted by atomic mass is 9.42. The largest absolute Gasteiger partial charge is 0.462 e. The van der Waals surface area contributed by atoms with E-state index in [0.29, 0.717) is 38.5 Å². The van der Waals surface area contributed by atoms with Gasteiger partial charge in [0.15, 0.2) is 22.8 Å². The lowest BCUT2D eigenvalue weighted by molar-refractivity contribution is -0.775. The van der Waals surface area contributed by atoms with Crippen LogP contribution in [0.3, 0.4) is 0 Å². The summed E-state index contributed by atoms with van der Waals surface area (Å²) in [5, 5.41) is 45.2. The first-order valence-corrected chi connectivity index (χ1v) is 23.6. The predicted octanol–water partition coefficient (Wildman–Crippen LogP) is 5.20. The van der Waals surface area contributed by atoms with Crippen LogP contribution in [0.25, 0.3) is 0 Å². The molecule has 10 rings (SSSR count). The van der Waals surface area contributed by atoms with Gasteiger partial charge in [0.25, 0.3) is 10.2 Å². The molecule has 356 valence electrons. The van der Waals surface area contributed by atoms with E-state index in [1.54, 1.807) is 13.8 Å². The quantitative estimate of drug-likeness (QED) is 0.137. The molecule has 2 heterocycles. The molecule has 0 aromatic carbocycles. The van der Waals surface area contributed by atoms with Crippen LogP contribution in [-0.2, 0) is 47.8 Å². The molecule has 2 N–H and O–H groups in total. The van der Waals surface area contributed by atoms with E-state index in [-0.39, 0.29) is 83.0 Å². The highest BCUT2D eigenvalue weighted by Gasteiger charge is 2.82. The molecule has 64 heavy (non-hydrogen) atoms. The van der Waals surface area contributed by atoms with E-state index < -0.39 is 79.8 Å². The van der Waals surface area contributed by atoms with Crippen LogP contribution < -0.4 is 0 Å². The molecular formula is C46H66N2O16. The third-order valence-electron chi connectivity index (χ3n) is 20.6. The number of ketones is 2. The molecule has 8 saturated carbocycles. The number of ether oxygens (including phenoxy) is 4. The number of epoxide rings is 2. The monoisotopic (exact) mass is 902 g/mol. The Morgan fingerprint density at radius 3 is 1.20 bits per heavy atom. The molecule has 2 aliphatic heterocycles. The van der Waals surface area contributed by atoms with E-state index in [9.17, 15) is 49.6 Å². The Hall–Kier alpha value is -3.48. The summed E-state index contributed by atoms with van der Waals surface area (Å²) in [5.41, 5.74) is -6.19. The highest BCUT2D eigenvalue weighted by molar-refractivity contribution is 5.91. The van der Waals surface area contributed by atoms with Gasteiger partial charge >= 0.3 is 11.9 Å². The Balaban J connectivity index is 0.000000162. The summed E-state index contributed by atoms with van der Waals surface area (Å²) in [4.78, 5) is 81.4. The molecule has 0 bridgehead atoms. The van der Waals surface area contributed by atoms with Gasteiger partial charge in [0.05, 0.1) is 12.2 Å². The highest BCUT2D eigenvalue weighted by atomic mass is 17.0. The maximum Gasteiger partial charge on any atom is 0.302 e. The molecule has 2 saturated heterocycles. The number of Topliss-reactive ketones (excluding diaryl/α,β-unsaturated/α-hetero) is 2. The molecule has 0 amide bonds. The summed E-state index contributed by atoms with van der Waals surface area (Å²) in [5.74, 6) is 0.182. The van der Waals surface area contributed by atoms with Crippen molar-refractivity contribution in [3.8, 4) is 0 Å². The van der Waals surface area contributed by atoms with Gasteiger partial charge in [-0.3, -0.25) is 19.2 Å². The summed E-state index contributed by atoms with van der Waals surface area (Å²) in [6.07, 6.45) is 5.12. The zero-order valence-corrected chi connectivity index (χ0v) is 38.3. The van der Waals surface area contributed by atoms with Crippen molar-refractivity contribution in [1.29, 1.82) is 0 Å². The van der Waals surface area contributed by atoms with Crippen molar-refractivity contribution in [2.75, 3.05) is 0 Å². The van der Waals surface area contributed by atoms with E-state index in [2.05, 4.69) is 13.8 Å². The first-order chi connectivity index (χ1) is 29.8. The van der Waals surface area contributed by atoms with Gasteiger partial charge in [-0.05, 0) is 126 Å². The van der Waals surface area contributed by atoms with Gasteiger partial charge in [0.2, 0.25) is 0 Å². The molecule has 0 aromatic heterocycles. The van der Waals surface area contributed by atoms with Crippen molar-refractivity contribution >= 4 is 23.5 Å². The van der Waals surface area contributed by atoms with Crippen LogP contribution in [0, 0.1) is 77.4 Å². The number of hydrogen-bond acceptors (Lipinski definition) is 16. The average Bonchev–Trinajstić information content (AvgIpc) is 4.07. The first kappa shape index (κ1) is 45.7. The van der Waals surface area contributed by atoms with Crippen LogP contribution in [0.4, 0.5) is 0 Å². The Kier molecular flexibility index (Phi) is 10.4. The molecule has 10 aliphatic rings. The second-order valence-electron chi connectivity index (χ2n) is 22.7. The van der Waals surface area contributed by atoms with E-state index in [4.69, 9.17) is 28.6 Å². The summed E-state index contributed by atoms with van der Waals surface area (Å²) >= 11 is 0. The Labute approximate surface area is 372 Å². The lowest BCUT2D eigenvalue weighted by Crippen LogP contribution is -2.70. The molecule has 0 aromatic rings. The third kappa shape index (κ3) is 5.94. The Bertz CT molecular complexity index is 1900. The van der Waals surface area contributed by atoms with Crippen molar-refractivity contribution < 1.29 is 68.2 Å². The van der Waals surface area contributed by atoms with Crippen LogP contribution in [-0.4, -0.2) is 103 Å². The number of fused-ring (bicyclic) bond motifs is 14. The van der Waals surface area contributed by atoms with E-state index in [1.165, 1.54) is 13.8 Å². The fourth-order valence-corrected chi connectivity index (χ4v) is 17.7. The normalized spacial score (nSPS) is 53.2. The third-order valence-corrected chi connectivity index (χ3v) is 20.6. The topological polar surface area (TPSA) is 257 Å². The van der Waals surface area contributed by atoms with E-state index in [0.717, 1.165) is 38.5 Å². The van der Waals surface area contributed by atoms with Gasteiger partial charge in [0.1, 0.15) is 35.6 Å². The molecule has 18 nitrogen and oxygen atoms in total.